The third kappa shape index (κ3) is 5.18. The lowest BCUT2D eigenvalue weighted by atomic mass is 9.94. The van der Waals surface area contributed by atoms with E-state index in [4.69, 9.17) is 22.1 Å². The molecule has 0 aliphatic carbocycles. The Morgan fingerprint density at radius 3 is 2.69 bits per heavy atom. The first kappa shape index (κ1) is 25.1. The van der Waals surface area contributed by atoms with E-state index in [1.165, 1.54) is 4.57 Å². The molecule has 4 rings (SSSR count). The van der Waals surface area contributed by atoms with E-state index in [1.807, 2.05) is 6.07 Å². The summed E-state index contributed by atoms with van der Waals surface area (Å²) in [5.41, 5.74) is 7.52. The number of nitrogens with two attached hydrogens (primary N) is 1. The number of aromatic hydroxyl groups is 1. The molecule has 184 valence electrons. The van der Waals surface area contributed by atoms with Crippen molar-refractivity contribution < 1.29 is 9.84 Å². The quantitative estimate of drug-likeness (QED) is 0.254. The van der Waals surface area contributed by atoms with Crippen LogP contribution in [-0.4, -0.2) is 45.4 Å². The Bertz CT molecular complexity index is 1410. The number of ether oxygens (including phenoxy) is 1. The predicted molar refractivity (Wildman–Crippen MR) is 142 cm³/mol. The summed E-state index contributed by atoms with van der Waals surface area (Å²) in [6, 6.07) is 9.78. The highest BCUT2D eigenvalue weighted by molar-refractivity contribution is 6.76. The van der Waals surface area contributed by atoms with Gasteiger partial charge >= 0.3 is 0 Å². The fraction of sp³-hybridized carbons (Fsp3) is 0.320. The largest absolute Gasteiger partial charge is 0.506 e. The molecule has 0 aliphatic rings. The normalized spacial score (nSPS) is 11.9. The molecule has 1 aromatic carbocycles. The van der Waals surface area contributed by atoms with Crippen molar-refractivity contribution in [2.75, 3.05) is 13.2 Å². The number of imidazole rings is 1. The van der Waals surface area contributed by atoms with Gasteiger partial charge in [-0.3, -0.25) is 9.36 Å². The number of pyridine rings is 2. The highest BCUT2D eigenvalue weighted by Gasteiger charge is 2.23. The van der Waals surface area contributed by atoms with E-state index in [9.17, 15) is 9.90 Å². The van der Waals surface area contributed by atoms with Crippen LogP contribution in [0.2, 0.25) is 30.7 Å². The molecule has 35 heavy (non-hydrogen) atoms. The van der Waals surface area contributed by atoms with Crippen LogP contribution in [0, 0.1) is 0 Å². The minimum atomic E-state index is -1.22. The first-order valence-electron chi connectivity index (χ1n) is 11.5. The van der Waals surface area contributed by atoms with Gasteiger partial charge in [0.25, 0.3) is 5.56 Å². The summed E-state index contributed by atoms with van der Waals surface area (Å²) < 4.78 is 9.21. The lowest BCUT2D eigenvalue weighted by molar-refractivity contribution is 0.0869. The third-order valence-corrected chi connectivity index (χ3v) is 7.81. The van der Waals surface area contributed by atoms with Crippen molar-refractivity contribution in [3.63, 3.8) is 0 Å². The Morgan fingerprint density at radius 2 is 1.94 bits per heavy atom. The Balaban J connectivity index is 1.90. The van der Waals surface area contributed by atoms with Crippen LogP contribution >= 0.6 is 11.6 Å². The number of benzene rings is 1. The molecule has 3 N–H and O–H groups in total. The van der Waals surface area contributed by atoms with E-state index in [-0.39, 0.29) is 29.6 Å². The van der Waals surface area contributed by atoms with Gasteiger partial charge in [0, 0.05) is 55.3 Å². The summed E-state index contributed by atoms with van der Waals surface area (Å²) in [6.07, 6.45) is 5.35. The van der Waals surface area contributed by atoms with Gasteiger partial charge in [0.15, 0.2) is 0 Å². The molecular formula is C25H30ClN5O3Si. The monoisotopic (exact) mass is 511 g/mol. The zero-order valence-electron chi connectivity index (χ0n) is 20.2. The standard InChI is InChI=1S/C25H30ClN5O3Si/c1-35(2,3)15-14-34-16-30-13-12-29-25(30)31-23-18(7-5-11-28-23)21(19(9-10-27)24(31)33)17-6-4-8-20(26)22(17)32/h4-8,11-13,32H,9-10,14-16,27H2,1-3H3. The minimum Gasteiger partial charge on any atom is -0.506 e. The molecule has 0 fully saturated rings. The van der Waals surface area contributed by atoms with Crippen molar-refractivity contribution in [2.45, 2.75) is 38.8 Å². The summed E-state index contributed by atoms with van der Waals surface area (Å²) in [5, 5.41) is 11.6. The number of hydrogen-bond donors (Lipinski definition) is 2. The lowest BCUT2D eigenvalue weighted by Crippen LogP contribution is -2.29. The van der Waals surface area contributed by atoms with Crippen LogP contribution in [0.1, 0.15) is 5.56 Å². The van der Waals surface area contributed by atoms with Crippen LogP contribution in [0.5, 0.6) is 5.75 Å². The van der Waals surface area contributed by atoms with E-state index in [0.717, 1.165) is 6.04 Å². The van der Waals surface area contributed by atoms with E-state index in [0.29, 0.717) is 46.7 Å². The molecular weight excluding hydrogens is 482 g/mol. The average Bonchev–Trinajstić information content (AvgIpc) is 3.27. The number of fused-ring (bicyclic) bond motifs is 1. The highest BCUT2D eigenvalue weighted by atomic mass is 35.5. The zero-order chi connectivity index (χ0) is 25.2. The molecule has 8 nitrogen and oxygen atoms in total. The maximum atomic E-state index is 13.9. The first-order chi connectivity index (χ1) is 16.7. The van der Waals surface area contributed by atoms with Crippen LogP contribution in [-0.2, 0) is 17.9 Å². The van der Waals surface area contributed by atoms with E-state index < -0.39 is 8.07 Å². The Hall–Kier alpha value is -2.98. The van der Waals surface area contributed by atoms with Crippen molar-refractivity contribution in [2.24, 2.45) is 5.73 Å². The lowest BCUT2D eigenvalue weighted by Gasteiger charge is -2.19. The molecule has 0 aliphatic heterocycles. The molecule has 0 amide bonds. The number of aromatic nitrogens is 4. The molecule has 10 heteroatoms. The van der Waals surface area contributed by atoms with Gasteiger partial charge in [0.05, 0.1) is 5.02 Å². The van der Waals surface area contributed by atoms with Crippen LogP contribution in [0.25, 0.3) is 28.1 Å². The summed E-state index contributed by atoms with van der Waals surface area (Å²) in [6.45, 7) is 8.07. The second-order valence-corrected chi connectivity index (χ2v) is 15.6. The summed E-state index contributed by atoms with van der Waals surface area (Å²) in [4.78, 5) is 22.9. The number of para-hydroxylation sites is 1. The summed E-state index contributed by atoms with van der Waals surface area (Å²) >= 11 is 6.21. The van der Waals surface area contributed by atoms with Crippen molar-refractivity contribution >= 4 is 30.7 Å². The van der Waals surface area contributed by atoms with Crippen molar-refractivity contribution in [1.82, 2.24) is 19.1 Å². The van der Waals surface area contributed by atoms with Crippen molar-refractivity contribution in [3.8, 4) is 22.8 Å². The molecule has 0 saturated heterocycles. The second kappa shape index (κ2) is 10.3. The summed E-state index contributed by atoms with van der Waals surface area (Å²) in [7, 11) is -1.22. The van der Waals surface area contributed by atoms with Crippen molar-refractivity contribution in [1.29, 1.82) is 0 Å². The number of hydrogen-bond acceptors (Lipinski definition) is 6. The van der Waals surface area contributed by atoms with Crippen LogP contribution in [0.15, 0.2) is 53.7 Å². The molecule has 0 bridgehead atoms. The van der Waals surface area contributed by atoms with Gasteiger partial charge in [-0.1, -0.05) is 43.4 Å². The van der Waals surface area contributed by atoms with Gasteiger partial charge in [-0.2, -0.15) is 0 Å². The van der Waals surface area contributed by atoms with E-state index in [2.05, 4.69) is 29.6 Å². The molecule has 0 spiro atoms. The summed E-state index contributed by atoms with van der Waals surface area (Å²) in [5.74, 6) is 0.318. The maximum absolute atomic E-state index is 13.9. The van der Waals surface area contributed by atoms with Gasteiger partial charge in [-0.15, -0.1) is 0 Å². The minimum absolute atomic E-state index is 0.0907. The Kier molecular flexibility index (Phi) is 7.41. The Labute approximate surface area is 210 Å². The predicted octanol–water partition coefficient (Wildman–Crippen LogP) is 4.42. The van der Waals surface area contributed by atoms with Gasteiger partial charge in [0.2, 0.25) is 5.95 Å². The Morgan fingerprint density at radius 1 is 1.14 bits per heavy atom. The van der Waals surface area contributed by atoms with Gasteiger partial charge in [0.1, 0.15) is 18.1 Å². The molecule has 3 heterocycles. The molecule has 0 radical (unpaired) electrons. The molecule has 0 saturated carbocycles. The second-order valence-electron chi connectivity index (χ2n) is 9.59. The number of rotatable bonds is 9. The van der Waals surface area contributed by atoms with Crippen molar-refractivity contribution in [3.05, 3.63) is 69.9 Å². The van der Waals surface area contributed by atoms with Gasteiger partial charge < -0.3 is 15.6 Å². The molecule has 3 aromatic heterocycles. The topological polar surface area (TPSA) is 108 Å². The van der Waals surface area contributed by atoms with E-state index in [1.54, 1.807) is 47.4 Å². The van der Waals surface area contributed by atoms with Gasteiger partial charge in [-0.25, -0.2) is 14.5 Å². The van der Waals surface area contributed by atoms with E-state index >= 15 is 0 Å². The smallest absolute Gasteiger partial charge is 0.263 e. The fourth-order valence-corrected chi connectivity index (χ4v) is 4.94. The first-order valence-corrected chi connectivity index (χ1v) is 15.6. The number of halogens is 1. The highest BCUT2D eigenvalue weighted by Crippen LogP contribution is 2.39. The van der Waals surface area contributed by atoms with Crippen LogP contribution < -0.4 is 11.3 Å². The van der Waals surface area contributed by atoms with Gasteiger partial charge in [-0.05, 0) is 37.2 Å². The zero-order valence-corrected chi connectivity index (χ0v) is 21.9. The van der Waals surface area contributed by atoms with Crippen LogP contribution in [0.4, 0.5) is 0 Å². The molecule has 0 atom stereocenters. The third-order valence-electron chi connectivity index (χ3n) is 5.80. The fourth-order valence-electron chi connectivity index (χ4n) is 4.01. The van der Waals surface area contributed by atoms with Crippen LogP contribution in [0.3, 0.4) is 0 Å². The molecule has 0 unspecified atom stereocenters. The average molecular weight is 512 g/mol. The number of phenols is 1. The SMILES string of the molecule is C[Si](C)(C)CCOCn1ccnc1-n1c(=O)c(CCN)c(-c2cccc(Cl)c2O)c2cccnc21. The number of nitrogens with zero attached hydrogens (tertiary/aromatic N) is 4. The maximum Gasteiger partial charge on any atom is 0.263 e. The number of phenolic OH excluding ortho intramolecular Hbond substituents is 1. The molecule has 4 aromatic rings.